The van der Waals surface area contributed by atoms with Gasteiger partial charge in [-0.25, -0.2) is 8.42 Å². The molecule has 0 bridgehead atoms. The van der Waals surface area contributed by atoms with Crippen molar-refractivity contribution in [1.29, 1.82) is 0 Å². The molecule has 0 unspecified atom stereocenters. The number of hydrogen-bond acceptors (Lipinski definition) is 3. The van der Waals surface area contributed by atoms with Crippen LogP contribution in [0.25, 0.3) is 0 Å². The van der Waals surface area contributed by atoms with Gasteiger partial charge in [-0.3, -0.25) is 9.52 Å². The van der Waals surface area contributed by atoms with Crippen molar-refractivity contribution in [3.63, 3.8) is 0 Å². The predicted molar refractivity (Wildman–Crippen MR) is 120 cm³/mol. The highest BCUT2D eigenvalue weighted by atomic mass is 79.9. The summed E-state index contributed by atoms with van der Waals surface area (Å²) in [5, 5.41) is 3.03. The van der Waals surface area contributed by atoms with Gasteiger partial charge in [-0.2, -0.15) is 0 Å². The Labute approximate surface area is 183 Å². The standard InChI is InChI=1S/C21H18BrClN2O3S/c1-13-3-4-14(2)20(11-13)25-29(27,28)17-8-6-16(7-9-17)24-21(26)18-12-15(22)5-10-19(18)23/h3-12,25H,1-2H3,(H,24,26). The van der Waals surface area contributed by atoms with Crippen molar-refractivity contribution in [3.05, 3.63) is 86.8 Å². The molecule has 0 heterocycles. The molecular weight excluding hydrogens is 476 g/mol. The molecule has 0 aliphatic rings. The zero-order valence-electron chi connectivity index (χ0n) is 15.7. The van der Waals surface area contributed by atoms with Crippen LogP contribution in [0.4, 0.5) is 11.4 Å². The first-order valence-electron chi connectivity index (χ1n) is 8.62. The van der Waals surface area contributed by atoms with Crippen LogP contribution in [-0.4, -0.2) is 14.3 Å². The largest absolute Gasteiger partial charge is 0.322 e. The highest BCUT2D eigenvalue weighted by Gasteiger charge is 2.16. The van der Waals surface area contributed by atoms with Gasteiger partial charge in [-0.1, -0.05) is 39.7 Å². The fourth-order valence-electron chi connectivity index (χ4n) is 2.64. The van der Waals surface area contributed by atoms with E-state index in [1.807, 2.05) is 26.0 Å². The molecule has 3 rings (SSSR count). The second-order valence-electron chi connectivity index (χ2n) is 6.53. The molecule has 150 valence electrons. The number of aryl methyl sites for hydroxylation is 2. The number of carbonyl (C=O) groups excluding carboxylic acids is 1. The van der Waals surface area contributed by atoms with Gasteiger partial charge in [0.05, 0.1) is 21.2 Å². The van der Waals surface area contributed by atoms with Crippen molar-refractivity contribution in [2.45, 2.75) is 18.7 Å². The Morgan fingerprint density at radius 2 is 1.66 bits per heavy atom. The Morgan fingerprint density at radius 1 is 0.966 bits per heavy atom. The van der Waals surface area contributed by atoms with Crippen molar-refractivity contribution >= 4 is 54.8 Å². The number of benzene rings is 3. The topological polar surface area (TPSA) is 75.3 Å². The highest BCUT2D eigenvalue weighted by Crippen LogP contribution is 2.24. The van der Waals surface area contributed by atoms with Crippen molar-refractivity contribution in [1.82, 2.24) is 0 Å². The van der Waals surface area contributed by atoms with Crippen molar-refractivity contribution in [2.24, 2.45) is 0 Å². The number of sulfonamides is 1. The van der Waals surface area contributed by atoms with Gasteiger partial charge in [-0.15, -0.1) is 0 Å². The first-order valence-corrected chi connectivity index (χ1v) is 11.3. The number of amides is 1. The first-order chi connectivity index (χ1) is 13.7. The Bertz CT molecular complexity index is 1180. The van der Waals surface area contributed by atoms with Crippen LogP contribution in [-0.2, 0) is 10.0 Å². The van der Waals surface area contributed by atoms with Crippen LogP contribution < -0.4 is 10.0 Å². The second-order valence-corrected chi connectivity index (χ2v) is 9.53. The molecule has 3 aromatic carbocycles. The third-order valence-corrected chi connectivity index (χ3v) is 6.44. The first kappa shape index (κ1) is 21.4. The summed E-state index contributed by atoms with van der Waals surface area (Å²) in [6.45, 7) is 3.73. The van der Waals surface area contributed by atoms with E-state index in [0.29, 0.717) is 22.0 Å². The third-order valence-electron chi connectivity index (χ3n) is 4.23. The monoisotopic (exact) mass is 492 g/mol. The summed E-state index contributed by atoms with van der Waals surface area (Å²) in [5.41, 5.74) is 3.09. The Hall–Kier alpha value is -2.35. The van der Waals surface area contributed by atoms with E-state index in [-0.39, 0.29) is 10.8 Å². The third kappa shape index (κ3) is 5.18. The number of halogens is 2. The molecule has 0 atom stereocenters. The minimum Gasteiger partial charge on any atom is -0.322 e. The lowest BCUT2D eigenvalue weighted by molar-refractivity contribution is 0.102. The summed E-state index contributed by atoms with van der Waals surface area (Å²) in [6.07, 6.45) is 0. The molecule has 0 radical (unpaired) electrons. The zero-order chi connectivity index (χ0) is 21.2. The maximum Gasteiger partial charge on any atom is 0.261 e. The van der Waals surface area contributed by atoms with E-state index in [2.05, 4.69) is 26.0 Å². The summed E-state index contributed by atoms with van der Waals surface area (Å²) in [5.74, 6) is -0.389. The van der Waals surface area contributed by atoms with Gasteiger partial charge in [0, 0.05) is 10.2 Å². The van der Waals surface area contributed by atoms with E-state index in [9.17, 15) is 13.2 Å². The van der Waals surface area contributed by atoms with E-state index in [4.69, 9.17) is 11.6 Å². The lowest BCUT2D eigenvalue weighted by atomic mass is 10.1. The molecule has 0 aromatic heterocycles. The molecule has 0 aliphatic carbocycles. The van der Waals surface area contributed by atoms with Gasteiger partial charge in [-0.05, 0) is 73.5 Å². The molecule has 3 aromatic rings. The molecule has 8 heteroatoms. The zero-order valence-corrected chi connectivity index (χ0v) is 18.8. The molecule has 0 saturated carbocycles. The maximum absolute atomic E-state index is 12.7. The molecule has 0 saturated heterocycles. The van der Waals surface area contributed by atoms with Crippen molar-refractivity contribution in [3.8, 4) is 0 Å². The fourth-order valence-corrected chi connectivity index (χ4v) is 4.32. The van der Waals surface area contributed by atoms with Gasteiger partial charge < -0.3 is 5.32 Å². The summed E-state index contributed by atoms with van der Waals surface area (Å²) in [4.78, 5) is 12.5. The minimum atomic E-state index is -3.75. The van der Waals surface area contributed by atoms with Crippen molar-refractivity contribution < 1.29 is 13.2 Å². The number of hydrogen-bond donors (Lipinski definition) is 2. The SMILES string of the molecule is Cc1ccc(C)c(NS(=O)(=O)c2ccc(NC(=O)c3cc(Br)ccc3Cl)cc2)c1. The van der Waals surface area contributed by atoms with E-state index in [0.717, 1.165) is 15.6 Å². The average Bonchev–Trinajstić information content (AvgIpc) is 2.67. The molecule has 2 N–H and O–H groups in total. The van der Waals surface area contributed by atoms with E-state index in [1.165, 1.54) is 24.3 Å². The van der Waals surface area contributed by atoms with Gasteiger partial charge >= 0.3 is 0 Å². The molecule has 1 amide bonds. The van der Waals surface area contributed by atoms with Crippen molar-refractivity contribution in [2.75, 3.05) is 10.0 Å². The van der Waals surface area contributed by atoms with E-state index < -0.39 is 10.0 Å². The van der Waals surface area contributed by atoms with Gasteiger partial charge in [0.2, 0.25) is 0 Å². The average molecular weight is 494 g/mol. The Morgan fingerprint density at radius 3 is 2.34 bits per heavy atom. The van der Waals surface area contributed by atoms with Crippen LogP contribution in [0.1, 0.15) is 21.5 Å². The quantitative estimate of drug-likeness (QED) is 0.473. The second kappa shape index (κ2) is 8.57. The van der Waals surface area contributed by atoms with Crippen LogP contribution >= 0.6 is 27.5 Å². The predicted octanol–water partition coefficient (Wildman–Crippen LogP) is 5.77. The van der Waals surface area contributed by atoms with Crippen LogP contribution in [0.2, 0.25) is 5.02 Å². The molecule has 5 nitrogen and oxygen atoms in total. The lowest BCUT2D eigenvalue weighted by Crippen LogP contribution is -2.15. The van der Waals surface area contributed by atoms with Crippen LogP contribution in [0.15, 0.2) is 70.0 Å². The molecule has 0 aliphatic heterocycles. The smallest absolute Gasteiger partial charge is 0.261 e. The summed E-state index contributed by atoms with van der Waals surface area (Å²) >= 11 is 9.38. The number of nitrogens with one attached hydrogen (secondary N) is 2. The summed E-state index contributed by atoms with van der Waals surface area (Å²) in [6, 6.07) is 16.5. The van der Waals surface area contributed by atoms with Gasteiger partial charge in [0.25, 0.3) is 15.9 Å². The maximum atomic E-state index is 12.7. The molecule has 0 spiro atoms. The normalized spacial score (nSPS) is 11.2. The van der Waals surface area contributed by atoms with E-state index >= 15 is 0 Å². The van der Waals surface area contributed by atoms with Gasteiger partial charge in [0.15, 0.2) is 0 Å². The molecular formula is C21H18BrClN2O3S. The lowest BCUT2D eigenvalue weighted by Gasteiger charge is -2.12. The Balaban J connectivity index is 1.78. The minimum absolute atomic E-state index is 0.0943. The highest BCUT2D eigenvalue weighted by molar-refractivity contribution is 9.10. The molecule has 0 fully saturated rings. The fraction of sp³-hybridized carbons (Fsp3) is 0.0952. The van der Waals surface area contributed by atoms with Crippen LogP contribution in [0.5, 0.6) is 0 Å². The Kier molecular flexibility index (Phi) is 6.31. The van der Waals surface area contributed by atoms with Gasteiger partial charge in [0.1, 0.15) is 0 Å². The number of carbonyl (C=O) groups is 1. The summed E-state index contributed by atoms with van der Waals surface area (Å²) in [7, 11) is -3.75. The molecule has 29 heavy (non-hydrogen) atoms. The van der Waals surface area contributed by atoms with E-state index in [1.54, 1.807) is 24.3 Å². The van der Waals surface area contributed by atoms with Crippen LogP contribution in [0.3, 0.4) is 0 Å². The summed E-state index contributed by atoms with van der Waals surface area (Å²) < 4.78 is 28.7. The number of rotatable bonds is 5. The number of anilines is 2. The van der Waals surface area contributed by atoms with Crippen LogP contribution in [0, 0.1) is 13.8 Å².